The van der Waals surface area contributed by atoms with Gasteiger partial charge in [-0.2, -0.15) is 17.0 Å². The normalized spacial score (nSPS) is 25.3. The summed E-state index contributed by atoms with van der Waals surface area (Å²) in [4.78, 5) is 0. The first-order valence-electron chi connectivity index (χ1n) is 7.61. The number of nitrogens with zero attached hydrogens (tertiary/aromatic N) is 2. The van der Waals surface area contributed by atoms with Crippen LogP contribution in [-0.4, -0.2) is 36.7 Å². The number of benzene rings is 1. The molecule has 0 amide bonds. The molecule has 4 nitrogen and oxygen atoms in total. The minimum absolute atomic E-state index is 0.162. The molecule has 6 heteroatoms. The average Bonchev–Trinajstić information content (AvgIpc) is 3.03. The second kappa shape index (κ2) is 6.02. The summed E-state index contributed by atoms with van der Waals surface area (Å²) in [6.07, 6.45) is 4.58. The lowest BCUT2D eigenvalue weighted by Gasteiger charge is -2.37. The van der Waals surface area contributed by atoms with Gasteiger partial charge in [-0.3, -0.25) is 0 Å². The molecule has 1 aromatic carbocycles. The fraction of sp³-hybridized carbons (Fsp3) is 0.600. The molecule has 0 spiro atoms. The van der Waals surface area contributed by atoms with E-state index in [2.05, 4.69) is 0 Å². The average molecular weight is 312 g/mol. The summed E-state index contributed by atoms with van der Waals surface area (Å²) in [6, 6.07) is 6.06. The highest BCUT2D eigenvalue weighted by atomic mass is 32.2. The van der Waals surface area contributed by atoms with Gasteiger partial charge in [0, 0.05) is 19.6 Å². The highest BCUT2D eigenvalue weighted by molar-refractivity contribution is 7.86. The molecule has 2 fully saturated rings. The molecule has 2 heterocycles. The van der Waals surface area contributed by atoms with Crippen LogP contribution < -0.4 is 0 Å². The number of hydrogen-bond acceptors (Lipinski definition) is 2. The minimum atomic E-state index is -3.40. The molecule has 2 aliphatic heterocycles. The monoisotopic (exact) mass is 312 g/mol. The third-order valence-electron chi connectivity index (χ3n) is 4.40. The number of piperidine rings is 1. The smallest absolute Gasteiger partial charge is 0.207 e. The minimum Gasteiger partial charge on any atom is -0.207 e. The van der Waals surface area contributed by atoms with E-state index in [-0.39, 0.29) is 11.9 Å². The Bertz CT molecular complexity index is 582. The molecule has 3 rings (SSSR count). The van der Waals surface area contributed by atoms with Crippen molar-refractivity contribution < 1.29 is 12.8 Å². The maximum absolute atomic E-state index is 13.1. The topological polar surface area (TPSA) is 40.6 Å². The fourth-order valence-corrected chi connectivity index (χ4v) is 5.19. The van der Waals surface area contributed by atoms with Crippen LogP contribution in [0.25, 0.3) is 0 Å². The van der Waals surface area contributed by atoms with Crippen molar-refractivity contribution in [1.82, 2.24) is 8.61 Å². The van der Waals surface area contributed by atoms with Crippen LogP contribution in [0.2, 0.25) is 0 Å². The zero-order chi connectivity index (χ0) is 14.9. The van der Waals surface area contributed by atoms with Crippen molar-refractivity contribution in [3.8, 4) is 0 Å². The summed E-state index contributed by atoms with van der Waals surface area (Å²) in [5, 5.41) is 0. The van der Waals surface area contributed by atoms with Gasteiger partial charge < -0.3 is 0 Å². The van der Waals surface area contributed by atoms with Gasteiger partial charge in [-0.25, -0.2) is 4.39 Å². The quantitative estimate of drug-likeness (QED) is 0.861. The van der Waals surface area contributed by atoms with Gasteiger partial charge in [-0.1, -0.05) is 18.6 Å². The van der Waals surface area contributed by atoms with Crippen LogP contribution in [0.15, 0.2) is 24.3 Å². The van der Waals surface area contributed by atoms with E-state index >= 15 is 0 Å². The van der Waals surface area contributed by atoms with Crippen LogP contribution in [-0.2, 0) is 10.2 Å². The Morgan fingerprint density at radius 1 is 0.952 bits per heavy atom. The highest BCUT2D eigenvalue weighted by Gasteiger charge is 2.38. The molecule has 0 aromatic heterocycles. The van der Waals surface area contributed by atoms with Gasteiger partial charge in [0.25, 0.3) is 10.2 Å². The Hall–Kier alpha value is -0.980. The van der Waals surface area contributed by atoms with E-state index in [1.54, 1.807) is 20.7 Å². The maximum atomic E-state index is 13.1. The van der Waals surface area contributed by atoms with E-state index in [0.29, 0.717) is 19.6 Å². The van der Waals surface area contributed by atoms with Crippen LogP contribution in [0.5, 0.6) is 0 Å². The van der Waals surface area contributed by atoms with E-state index in [1.165, 1.54) is 12.1 Å². The van der Waals surface area contributed by atoms with Crippen LogP contribution in [0.3, 0.4) is 0 Å². The molecule has 1 atom stereocenters. The lowest BCUT2D eigenvalue weighted by molar-refractivity contribution is 0.238. The molecular weight excluding hydrogens is 291 g/mol. The van der Waals surface area contributed by atoms with Crippen molar-refractivity contribution in [3.05, 3.63) is 35.6 Å². The van der Waals surface area contributed by atoms with Gasteiger partial charge in [-0.05, 0) is 43.4 Å². The van der Waals surface area contributed by atoms with Crippen molar-refractivity contribution >= 4 is 10.2 Å². The second-order valence-electron chi connectivity index (χ2n) is 5.79. The zero-order valence-corrected chi connectivity index (χ0v) is 12.9. The summed E-state index contributed by atoms with van der Waals surface area (Å²) in [6.45, 7) is 1.80. The Kier molecular flexibility index (Phi) is 4.28. The number of hydrogen-bond donors (Lipinski definition) is 0. The summed E-state index contributed by atoms with van der Waals surface area (Å²) in [5.74, 6) is -0.288. The largest absolute Gasteiger partial charge is 0.282 e. The predicted octanol–water partition coefficient (Wildman–Crippen LogP) is 2.69. The summed E-state index contributed by atoms with van der Waals surface area (Å²) >= 11 is 0. The predicted molar refractivity (Wildman–Crippen MR) is 79.4 cm³/mol. The molecule has 2 saturated heterocycles. The zero-order valence-electron chi connectivity index (χ0n) is 12.0. The molecule has 0 radical (unpaired) electrons. The standard InChI is InChI=1S/C15H21FN2O2S/c16-14-8-6-13(7-9-14)15-5-1-2-12-18(15)21(19,20)17-10-3-4-11-17/h6-9,15H,1-5,10-12H2/t15-/m0/s1. The van der Waals surface area contributed by atoms with Gasteiger partial charge in [0.2, 0.25) is 0 Å². The van der Waals surface area contributed by atoms with E-state index in [0.717, 1.165) is 37.7 Å². The van der Waals surface area contributed by atoms with Crippen molar-refractivity contribution in [1.29, 1.82) is 0 Å². The Morgan fingerprint density at radius 3 is 2.24 bits per heavy atom. The summed E-state index contributed by atoms with van der Waals surface area (Å²) < 4.78 is 41.9. The third-order valence-corrected chi connectivity index (χ3v) is 6.44. The molecular formula is C15H21FN2O2S. The van der Waals surface area contributed by atoms with E-state index in [9.17, 15) is 12.8 Å². The lowest BCUT2D eigenvalue weighted by Crippen LogP contribution is -2.46. The fourth-order valence-electron chi connectivity index (χ4n) is 3.27. The van der Waals surface area contributed by atoms with Gasteiger partial charge in [0.15, 0.2) is 0 Å². The van der Waals surface area contributed by atoms with E-state index < -0.39 is 10.2 Å². The second-order valence-corrected chi connectivity index (χ2v) is 7.67. The highest BCUT2D eigenvalue weighted by Crippen LogP contribution is 2.34. The molecule has 21 heavy (non-hydrogen) atoms. The molecule has 0 unspecified atom stereocenters. The van der Waals surface area contributed by atoms with Crippen molar-refractivity contribution in [2.75, 3.05) is 19.6 Å². The lowest BCUT2D eigenvalue weighted by atomic mass is 9.97. The third kappa shape index (κ3) is 2.98. The molecule has 0 N–H and O–H groups in total. The Balaban J connectivity index is 1.89. The Morgan fingerprint density at radius 2 is 1.57 bits per heavy atom. The molecule has 116 valence electrons. The van der Waals surface area contributed by atoms with E-state index in [1.807, 2.05) is 0 Å². The van der Waals surface area contributed by atoms with Gasteiger partial charge >= 0.3 is 0 Å². The van der Waals surface area contributed by atoms with Crippen molar-refractivity contribution in [2.45, 2.75) is 38.1 Å². The van der Waals surface area contributed by atoms with Gasteiger partial charge in [0.1, 0.15) is 5.82 Å². The first-order valence-corrected chi connectivity index (χ1v) is 9.01. The first kappa shape index (κ1) is 14.9. The van der Waals surface area contributed by atoms with Gasteiger partial charge in [0.05, 0.1) is 6.04 Å². The summed E-state index contributed by atoms with van der Waals surface area (Å²) in [7, 11) is -3.40. The Labute approximate surface area is 125 Å². The van der Waals surface area contributed by atoms with E-state index in [4.69, 9.17) is 0 Å². The maximum Gasteiger partial charge on any atom is 0.282 e. The van der Waals surface area contributed by atoms with Crippen LogP contribution in [0.1, 0.15) is 43.7 Å². The first-order chi connectivity index (χ1) is 10.1. The van der Waals surface area contributed by atoms with Crippen molar-refractivity contribution in [3.63, 3.8) is 0 Å². The molecule has 1 aromatic rings. The molecule has 0 bridgehead atoms. The summed E-state index contributed by atoms with van der Waals surface area (Å²) in [5.41, 5.74) is 0.888. The van der Waals surface area contributed by atoms with Gasteiger partial charge in [-0.15, -0.1) is 0 Å². The SMILES string of the molecule is O=S(=O)(N1CCCC1)N1CCCC[C@H]1c1ccc(F)cc1. The molecule has 0 aliphatic carbocycles. The number of halogens is 1. The molecule has 2 aliphatic rings. The number of rotatable bonds is 3. The van der Waals surface area contributed by atoms with Crippen molar-refractivity contribution in [2.24, 2.45) is 0 Å². The van der Waals surface area contributed by atoms with Crippen LogP contribution in [0, 0.1) is 5.82 Å². The molecule has 0 saturated carbocycles. The van der Waals surface area contributed by atoms with Crippen LogP contribution >= 0.6 is 0 Å². The van der Waals surface area contributed by atoms with Crippen LogP contribution in [0.4, 0.5) is 4.39 Å².